The maximum atomic E-state index is 12.8. The molecular weight excluding hydrogens is 368 g/mol. The summed E-state index contributed by atoms with van der Waals surface area (Å²) in [5.41, 5.74) is 3.58. The van der Waals surface area contributed by atoms with Gasteiger partial charge in [0.05, 0.1) is 5.52 Å². The summed E-state index contributed by atoms with van der Waals surface area (Å²) < 4.78 is 0. The third kappa shape index (κ3) is 2.88. The molecule has 5 rings (SSSR count). The zero-order valence-electron chi connectivity index (χ0n) is 15.0. The number of aromatic nitrogens is 3. The molecule has 5 nitrogen and oxygen atoms in total. The van der Waals surface area contributed by atoms with Gasteiger partial charge in [-0.1, -0.05) is 42.5 Å². The second kappa shape index (κ2) is 6.98. The van der Waals surface area contributed by atoms with E-state index >= 15 is 0 Å². The molecule has 0 radical (unpaired) electrons. The molecule has 3 heterocycles. The molecular formula is C22H18N4OS. The first-order chi connectivity index (χ1) is 13.8. The predicted octanol–water partition coefficient (Wildman–Crippen LogP) is 4.67. The van der Waals surface area contributed by atoms with Crippen molar-refractivity contribution in [1.82, 2.24) is 20.5 Å². The maximum absolute atomic E-state index is 12.8. The summed E-state index contributed by atoms with van der Waals surface area (Å²) in [4.78, 5) is 17.4. The Balaban J connectivity index is 1.45. The lowest BCUT2D eigenvalue weighted by molar-refractivity contribution is 0.0949. The highest BCUT2D eigenvalue weighted by molar-refractivity contribution is 7.10. The Labute approximate surface area is 165 Å². The Morgan fingerprint density at radius 1 is 1.00 bits per heavy atom. The minimum Gasteiger partial charge on any atom is -0.361 e. The van der Waals surface area contributed by atoms with Gasteiger partial charge >= 0.3 is 0 Å². The molecule has 1 amide bonds. The number of rotatable bonds is 5. The first kappa shape index (κ1) is 16.8. The first-order valence-electron chi connectivity index (χ1n) is 9.12. The van der Waals surface area contributed by atoms with Crippen molar-refractivity contribution >= 4 is 39.0 Å². The number of thiophene rings is 1. The summed E-state index contributed by atoms with van der Waals surface area (Å²) in [7, 11) is 0. The van der Waals surface area contributed by atoms with Crippen LogP contribution in [0.5, 0.6) is 0 Å². The molecule has 6 heteroatoms. The summed E-state index contributed by atoms with van der Waals surface area (Å²) in [6.07, 6.45) is 2.05. The van der Waals surface area contributed by atoms with Crippen LogP contribution >= 0.6 is 11.3 Å². The first-order valence-corrected chi connectivity index (χ1v) is 10.00. The Kier molecular flexibility index (Phi) is 4.18. The smallest absolute Gasteiger partial charge is 0.272 e. The number of fused-ring (bicyclic) bond motifs is 2. The fourth-order valence-electron chi connectivity index (χ4n) is 3.65. The minimum atomic E-state index is -0.168. The second-order valence-electron chi connectivity index (χ2n) is 6.69. The zero-order valence-corrected chi connectivity index (χ0v) is 15.8. The SMILES string of the molecule is O=C(NCC(c1cccs1)c1c[nH]c2ccccc12)c1n[nH]c2ccccc12. The van der Waals surface area contributed by atoms with Crippen LogP contribution in [0.4, 0.5) is 0 Å². The summed E-state index contributed by atoms with van der Waals surface area (Å²) >= 11 is 1.70. The van der Waals surface area contributed by atoms with Crippen molar-refractivity contribution in [3.63, 3.8) is 0 Å². The van der Waals surface area contributed by atoms with Gasteiger partial charge in [-0.15, -0.1) is 11.3 Å². The van der Waals surface area contributed by atoms with Gasteiger partial charge in [-0.25, -0.2) is 0 Å². The number of amides is 1. The predicted molar refractivity (Wildman–Crippen MR) is 113 cm³/mol. The number of hydrogen-bond donors (Lipinski definition) is 3. The number of nitrogens with one attached hydrogen (secondary N) is 3. The Hall–Kier alpha value is -3.38. The van der Waals surface area contributed by atoms with E-state index in [1.807, 2.05) is 48.7 Å². The Morgan fingerprint density at radius 3 is 2.61 bits per heavy atom. The molecule has 3 aromatic heterocycles. The van der Waals surface area contributed by atoms with Gasteiger partial charge in [0.2, 0.25) is 0 Å². The van der Waals surface area contributed by atoms with Gasteiger partial charge in [0, 0.05) is 39.8 Å². The van der Waals surface area contributed by atoms with Crippen molar-refractivity contribution < 1.29 is 4.79 Å². The van der Waals surface area contributed by atoms with E-state index in [0.29, 0.717) is 12.2 Å². The standard InChI is InChI=1S/C22H18N4OS/c27-22(21-15-7-2-4-9-19(15)25-26-21)24-13-17(20-10-5-11-28-20)16-12-23-18-8-3-1-6-14(16)18/h1-12,17,23H,13H2,(H,24,27)(H,25,26). The van der Waals surface area contributed by atoms with E-state index in [4.69, 9.17) is 0 Å². The van der Waals surface area contributed by atoms with Crippen molar-refractivity contribution in [2.75, 3.05) is 6.54 Å². The van der Waals surface area contributed by atoms with E-state index < -0.39 is 0 Å². The summed E-state index contributed by atoms with van der Waals surface area (Å²) in [6, 6.07) is 20.1. The molecule has 0 aliphatic carbocycles. The summed E-state index contributed by atoms with van der Waals surface area (Å²) in [5.74, 6) is -0.0934. The van der Waals surface area contributed by atoms with E-state index in [1.54, 1.807) is 11.3 Å². The highest BCUT2D eigenvalue weighted by Gasteiger charge is 2.21. The van der Waals surface area contributed by atoms with Crippen LogP contribution < -0.4 is 5.32 Å². The highest BCUT2D eigenvalue weighted by Crippen LogP contribution is 2.33. The Bertz CT molecular complexity index is 1250. The largest absolute Gasteiger partial charge is 0.361 e. The van der Waals surface area contributed by atoms with E-state index in [-0.39, 0.29) is 11.8 Å². The molecule has 0 saturated carbocycles. The molecule has 5 aromatic rings. The average Bonchev–Trinajstić information content (AvgIpc) is 3.48. The van der Waals surface area contributed by atoms with E-state index in [2.05, 4.69) is 44.1 Å². The van der Waals surface area contributed by atoms with Crippen LogP contribution in [0, 0.1) is 0 Å². The number of H-pyrrole nitrogens is 2. The van der Waals surface area contributed by atoms with Crippen molar-refractivity contribution in [2.45, 2.75) is 5.92 Å². The number of aromatic amines is 2. The molecule has 0 bridgehead atoms. The van der Waals surface area contributed by atoms with Crippen molar-refractivity contribution in [2.24, 2.45) is 0 Å². The van der Waals surface area contributed by atoms with Crippen LogP contribution in [-0.2, 0) is 0 Å². The quantitative estimate of drug-likeness (QED) is 0.411. The van der Waals surface area contributed by atoms with Gasteiger partial charge in [0.25, 0.3) is 5.91 Å². The fraction of sp³-hybridized carbons (Fsp3) is 0.0909. The monoisotopic (exact) mass is 386 g/mol. The third-order valence-electron chi connectivity index (χ3n) is 5.04. The van der Waals surface area contributed by atoms with Gasteiger partial charge in [0.1, 0.15) is 0 Å². The molecule has 3 N–H and O–H groups in total. The molecule has 0 spiro atoms. The number of hydrogen-bond acceptors (Lipinski definition) is 3. The van der Waals surface area contributed by atoms with Crippen LogP contribution in [0.2, 0.25) is 0 Å². The molecule has 0 aliphatic rings. The van der Waals surface area contributed by atoms with Gasteiger partial charge in [-0.2, -0.15) is 5.10 Å². The molecule has 0 saturated heterocycles. The summed E-state index contributed by atoms with van der Waals surface area (Å²) in [5, 5.41) is 14.3. The minimum absolute atomic E-state index is 0.0744. The lowest BCUT2D eigenvalue weighted by atomic mass is 9.96. The van der Waals surface area contributed by atoms with Crippen LogP contribution in [0.25, 0.3) is 21.8 Å². The third-order valence-corrected chi connectivity index (χ3v) is 6.02. The molecule has 1 unspecified atom stereocenters. The lowest BCUT2D eigenvalue weighted by Crippen LogP contribution is -2.29. The highest BCUT2D eigenvalue weighted by atomic mass is 32.1. The van der Waals surface area contributed by atoms with Gasteiger partial charge in [0.15, 0.2) is 5.69 Å². The molecule has 1 atom stereocenters. The van der Waals surface area contributed by atoms with Gasteiger partial charge in [-0.05, 0) is 29.1 Å². The van der Waals surface area contributed by atoms with Crippen molar-refractivity contribution in [3.8, 4) is 0 Å². The molecule has 28 heavy (non-hydrogen) atoms. The number of carbonyl (C=O) groups is 1. The average molecular weight is 386 g/mol. The lowest BCUT2D eigenvalue weighted by Gasteiger charge is -2.16. The summed E-state index contributed by atoms with van der Waals surface area (Å²) in [6.45, 7) is 0.502. The Morgan fingerprint density at radius 2 is 1.79 bits per heavy atom. The fourth-order valence-corrected chi connectivity index (χ4v) is 4.50. The van der Waals surface area contributed by atoms with Gasteiger partial charge < -0.3 is 10.3 Å². The van der Waals surface area contributed by atoms with E-state index in [9.17, 15) is 4.79 Å². The van der Waals surface area contributed by atoms with Crippen LogP contribution in [-0.4, -0.2) is 27.6 Å². The normalized spacial score (nSPS) is 12.4. The molecule has 138 valence electrons. The molecule has 0 fully saturated rings. The number of nitrogens with zero attached hydrogens (tertiary/aromatic N) is 1. The topological polar surface area (TPSA) is 73.6 Å². The van der Waals surface area contributed by atoms with E-state index in [0.717, 1.165) is 16.4 Å². The van der Waals surface area contributed by atoms with Crippen molar-refractivity contribution in [3.05, 3.63) is 88.4 Å². The van der Waals surface area contributed by atoms with Gasteiger partial charge in [-0.3, -0.25) is 9.89 Å². The maximum Gasteiger partial charge on any atom is 0.272 e. The number of carbonyl (C=O) groups excluding carboxylic acids is 1. The second-order valence-corrected chi connectivity index (χ2v) is 7.66. The van der Waals surface area contributed by atoms with E-state index in [1.165, 1.54) is 15.8 Å². The number of benzene rings is 2. The van der Waals surface area contributed by atoms with Crippen LogP contribution in [0.15, 0.2) is 72.2 Å². The zero-order chi connectivity index (χ0) is 18.9. The van der Waals surface area contributed by atoms with Crippen LogP contribution in [0.1, 0.15) is 26.8 Å². The molecule has 0 aliphatic heterocycles. The molecule has 2 aromatic carbocycles. The van der Waals surface area contributed by atoms with Crippen LogP contribution in [0.3, 0.4) is 0 Å². The van der Waals surface area contributed by atoms with Crippen molar-refractivity contribution in [1.29, 1.82) is 0 Å². The number of para-hydroxylation sites is 2.